The standard InChI is InChI=1S/C19H20ClN3O/c1-19(2,15-8-10-16(20)11-9-15)21-13-17-22-18(24-23-17)12-14-6-4-3-5-7-14/h3-11,21H,12-13H2,1-2H3. The van der Waals surface area contributed by atoms with E-state index in [1.54, 1.807) is 0 Å². The van der Waals surface area contributed by atoms with Gasteiger partial charge in [0.15, 0.2) is 5.82 Å². The third-order valence-electron chi connectivity index (χ3n) is 3.96. The highest BCUT2D eigenvalue weighted by molar-refractivity contribution is 6.30. The lowest BCUT2D eigenvalue weighted by Gasteiger charge is -2.26. The molecule has 0 amide bonds. The van der Waals surface area contributed by atoms with E-state index in [1.165, 1.54) is 0 Å². The van der Waals surface area contributed by atoms with Crippen molar-refractivity contribution in [2.24, 2.45) is 0 Å². The second-order valence-corrected chi connectivity index (χ2v) is 6.69. The molecule has 0 aliphatic heterocycles. The van der Waals surface area contributed by atoms with Gasteiger partial charge in [0, 0.05) is 10.6 Å². The number of aromatic nitrogens is 2. The van der Waals surface area contributed by atoms with Crippen molar-refractivity contribution in [3.05, 3.63) is 82.5 Å². The normalized spacial score (nSPS) is 11.6. The predicted molar refractivity (Wildman–Crippen MR) is 94.9 cm³/mol. The average molecular weight is 342 g/mol. The smallest absolute Gasteiger partial charge is 0.231 e. The fourth-order valence-electron chi connectivity index (χ4n) is 2.47. The Kier molecular flexibility index (Phi) is 4.97. The van der Waals surface area contributed by atoms with E-state index in [1.807, 2.05) is 54.6 Å². The van der Waals surface area contributed by atoms with Gasteiger partial charge >= 0.3 is 0 Å². The summed E-state index contributed by atoms with van der Waals surface area (Å²) in [7, 11) is 0. The Hall–Kier alpha value is -2.17. The van der Waals surface area contributed by atoms with Crippen molar-refractivity contribution in [3.63, 3.8) is 0 Å². The van der Waals surface area contributed by atoms with Crippen LogP contribution in [-0.2, 0) is 18.5 Å². The maximum absolute atomic E-state index is 5.95. The number of nitrogens with zero attached hydrogens (tertiary/aromatic N) is 2. The summed E-state index contributed by atoms with van der Waals surface area (Å²) in [4.78, 5) is 4.46. The fraction of sp³-hybridized carbons (Fsp3) is 0.263. The monoisotopic (exact) mass is 341 g/mol. The Morgan fingerprint density at radius 3 is 2.46 bits per heavy atom. The van der Waals surface area contributed by atoms with Gasteiger partial charge in [-0.1, -0.05) is 59.2 Å². The van der Waals surface area contributed by atoms with E-state index in [2.05, 4.69) is 29.3 Å². The molecule has 0 spiro atoms. The molecule has 4 nitrogen and oxygen atoms in total. The molecule has 0 atom stereocenters. The molecule has 0 saturated heterocycles. The molecule has 0 fully saturated rings. The van der Waals surface area contributed by atoms with Crippen LogP contribution in [0.4, 0.5) is 0 Å². The maximum atomic E-state index is 5.95. The number of hydrogen-bond donors (Lipinski definition) is 1. The van der Waals surface area contributed by atoms with Crippen molar-refractivity contribution in [1.82, 2.24) is 15.5 Å². The Labute approximate surface area is 146 Å². The van der Waals surface area contributed by atoms with Gasteiger partial charge in [-0.15, -0.1) is 0 Å². The van der Waals surface area contributed by atoms with Crippen LogP contribution in [0, 0.1) is 0 Å². The zero-order chi connectivity index (χ0) is 17.0. The first kappa shape index (κ1) is 16.7. The Morgan fingerprint density at radius 1 is 1.04 bits per heavy atom. The number of nitrogens with one attached hydrogen (secondary N) is 1. The summed E-state index contributed by atoms with van der Waals surface area (Å²) in [5.74, 6) is 1.28. The highest BCUT2D eigenvalue weighted by Crippen LogP contribution is 2.22. The summed E-state index contributed by atoms with van der Waals surface area (Å²) in [6, 6.07) is 17.9. The lowest BCUT2D eigenvalue weighted by atomic mass is 9.94. The van der Waals surface area contributed by atoms with Gasteiger partial charge in [-0.05, 0) is 37.1 Å². The average Bonchev–Trinajstić information content (AvgIpc) is 3.02. The molecule has 5 heteroatoms. The van der Waals surface area contributed by atoms with Gasteiger partial charge in [0.05, 0.1) is 13.0 Å². The molecule has 3 rings (SSSR count). The van der Waals surface area contributed by atoms with E-state index in [0.29, 0.717) is 24.7 Å². The first-order chi connectivity index (χ1) is 11.5. The van der Waals surface area contributed by atoms with Gasteiger partial charge in [0.25, 0.3) is 0 Å². The second-order valence-electron chi connectivity index (χ2n) is 6.25. The summed E-state index contributed by atoms with van der Waals surface area (Å²) in [5, 5.41) is 8.25. The number of rotatable bonds is 6. The van der Waals surface area contributed by atoms with Gasteiger partial charge in [0.1, 0.15) is 0 Å². The molecule has 2 aromatic carbocycles. The minimum Gasteiger partial charge on any atom is -0.339 e. The molecule has 0 bridgehead atoms. The molecule has 1 aromatic heterocycles. The molecule has 1 heterocycles. The number of benzene rings is 2. The molecule has 0 aliphatic carbocycles. The van der Waals surface area contributed by atoms with E-state index >= 15 is 0 Å². The van der Waals surface area contributed by atoms with Crippen molar-refractivity contribution in [1.29, 1.82) is 0 Å². The summed E-state index contributed by atoms with van der Waals surface area (Å²) < 4.78 is 5.34. The van der Waals surface area contributed by atoms with Gasteiger partial charge < -0.3 is 9.84 Å². The zero-order valence-corrected chi connectivity index (χ0v) is 14.5. The molecular formula is C19H20ClN3O. The molecule has 24 heavy (non-hydrogen) atoms. The summed E-state index contributed by atoms with van der Waals surface area (Å²) in [5.41, 5.74) is 2.09. The van der Waals surface area contributed by atoms with Crippen LogP contribution in [0.5, 0.6) is 0 Å². The van der Waals surface area contributed by atoms with E-state index in [9.17, 15) is 0 Å². The lowest BCUT2D eigenvalue weighted by Crippen LogP contribution is -2.36. The van der Waals surface area contributed by atoms with Gasteiger partial charge in [-0.3, -0.25) is 0 Å². The Bertz CT molecular complexity index is 782. The third-order valence-corrected chi connectivity index (χ3v) is 4.21. The van der Waals surface area contributed by atoms with Gasteiger partial charge in [0.2, 0.25) is 5.89 Å². The molecule has 124 valence electrons. The molecule has 0 radical (unpaired) electrons. The highest BCUT2D eigenvalue weighted by Gasteiger charge is 2.20. The van der Waals surface area contributed by atoms with Crippen molar-refractivity contribution in [2.45, 2.75) is 32.4 Å². The van der Waals surface area contributed by atoms with Gasteiger partial charge in [-0.2, -0.15) is 4.98 Å². The quantitative estimate of drug-likeness (QED) is 0.724. The molecule has 1 N–H and O–H groups in total. The first-order valence-corrected chi connectivity index (χ1v) is 8.27. The SMILES string of the molecule is CC(C)(NCc1noc(Cc2ccccc2)n1)c1ccc(Cl)cc1. The van der Waals surface area contributed by atoms with E-state index in [4.69, 9.17) is 16.1 Å². The summed E-state index contributed by atoms with van der Waals surface area (Å²) in [6.45, 7) is 4.76. The maximum Gasteiger partial charge on any atom is 0.231 e. The fourth-order valence-corrected chi connectivity index (χ4v) is 2.60. The minimum atomic E-state index is -0.217. The number of hydrogen-bond acceptors (Lipinski definition) is 4. The first-order valence-electron chi connectivity index (χ1n) is 7.89. The van der Waals surface area contributed by atoms with Gasteiger partial charge in [-0.25, -0.2) is 0 Å². The van der Waals surface area contributed by atoms with Crippen molar-refractivity contribution in [3.8, 4) is 0 Å². The zero-order valence-electron chi connectivity index (χ0n) is 13.8. The number of halogens is 1. The van der Waals surface area contributed by atoms with Crippen molar-refractivity contribution in [2.75, 3.05) is 0 Å². The van der Waals surface area contributed by atoms with Crippen LogP contribution in [0.3, 0.4) is 0 Å². The van der Waals surface area contributed by atoms with E-state index < -0.39 is 0 Å². The highest BCUT2D eigenvalue weighted by atomic mass is 35.5. The summed E-state index contributed by atoms with van der Waals surface area (Å²) in [6.07, 6.45) is 0.647. The predicted octanol–water partition coefficient (Wildman–Crippen LogP) is 4.34. The molecule has 0 aliphatic rings. The lowest BCUT2D eigenvalue weighted by molar-refractivity contribution is 0.363. The third kappa shape index (κ3) is 4.22. The van der Waals surface area contributed by atoms with E-state index in [-0.39, 0.29) is 5.54 Å². The minimum absolute atomic E-state index is 0.217. The van der Waals surface area contributed by atoms with Crippen molar-refractivity contribution >= 4 is 11.6 Å². The van der Waals surface area contributed by atoms with Crippen LogP contribution in [-0.4, -0.2) is 10.1 Å². The van der Waals surface area contributed by atoms with Crippen molar-refractivity contribution < 1.29 is 4.52 Å². The Morgan fingerprint density at radius 2 is 1.75 bits per heavy atom. The molecular weight excluding hydrogens is 322 g/mol. The Balaban J connectivity index is 1.61. The van der Waals surface area contributed by atoms with Crippen LogP contribution < -0.4 is 5.32 Å². The second kappa shape index (κ2) is 7.16. The topological polar surface area (TPSA) is 51.0 Å². The molecule has 0 unspecified atom stereocenters. The van der Waals surface area contributed by atoms with Crippen LogP contribution in [0.1, 0.15) is 36.7 Å². The largest absolute Gasteiger partial charge is 0.339 e. The van der Waals surface area contributed by atoms with Crippen LogP contribution in [0.25, 0.3) is 0 Å². The van der Waals surface area contributed by atoms with Crippen LogP contribution >= 0.6 is 11.6 Å². The van der Waals surface area contributed by atoms with Crippen LogP contribution in [0.2, 0.25) is 5.02 Å². The molecule has 0 saturated carbocycles. The summed E-state index contributed by atoms with van der Waals surface area (Å²) >= 11 is 5.95. The van der Waals surface area contributed by atoms with Crippen LogP contribution in [0.15, 0.2) is 59.1 Å². The molecule has 3 aromatic rings. The van der Waals surface area contributed by atoms with E-state index in [0.717, 1.165) is 16.1 Å².